The minimum absolute atomic E-state index is 0.0544. The second-order valence-electron chi connectivity index (χ2n) is 9.16. The topological polar surface area (TPSA) is 67.2 Å². The zero-order chi connectivity index (χ0) is 24.2. The molecule has 1 aliphatic rings. The largest absolute Gasteiger partial charge is 0.354 e. The average Bonchev–Trinajstić information content (AvgIpc) is 3.56. The van der Waals surface area contributed by atoms with Crippen molar-refractivity contribution in [1.29, 1.82) is 0 Å². The molecule has 5 rings (SSSR count). The molecule has 0 saturated carbocycles. The fourth-order valence-corrected chi connectivity index (χ4v) is 5.69. The predicted molar refractivity (Wildman–Crippen MR) is 142 cm³/mol. The number of carbonyl (C=O) groups excluding carboxylic acids is 1. The molecule has 180 valence electrons. The van der Waals surface area contributed by atoms with Crippen molar-refractivity contribution in [3.05, 3.63) is 87.8 Å². The zero-order valence-corrected chi connectivity index (χ0v) is 20.8. The van der Waals surface area contributed by atoms with Gasteiger partial charge >= 0.3 is 0 Å². The minimum atomic E-state index is -0.0983. The van der Waals surface area contributed by atoms with Gasteiger partial charge in [0.05, 0.1) is 17.8 Å². The molecule has 2 aromatic heterocycles. The Balaban J connectivity index is 1.27. The van der Waals surface area contributed by atoms with Crippen molar-refractivity contribution in [2.24, 2.45) is 0 Å². The monoisotopic (exact) mass is 486 g/mol. The smallest absolute Gasteiger partial charge is 0.262 e. The Kier molecular flexibility index (Phi) is 7.06. The molecule has 0 aliphatic carbocycles. The third-order valence-corrected chi connectivity index (χ3v) is 7.65. The number of aryl methyl sites for hydroxylation is 2. The SMILES string of the molecule is Cc1ccc(-c2csc3ncn(CCC(=O)NCC(c4ccccc4)N4CCCC4)c(=O)c23)cc1. The Labute approximate surface area is 209 Å². The molecule has 4 aromatic rings. The maximum absolute atomic E-state index is 13.3. The molecule has 0 spiro atoms. The van der Waals surface area contributed by atoms with E-state index in [4.69, 9.17) is 0 Å². The highest BCUT2D eigenvalue weighted by Gasteiger charge is 2.23. The molecule has 0 bridgehead atoms. The number of likely N-dealkylation sites (tertiary alicyclic amines) is 1. The summed E-state index contributed by atoms with van der Waals surface area (Å²) in [5.41, 5.74) is 4.21. The third-order valence-electron chi connectivity index (χ3n) is 6.76. The van der Waals surface area contributed by atoms with Gasteiger partial charge in [-0.1, -0.05) is 60.2 Å². The van der Waals surface area contributed by atoms with Crippen molar-refractivity contribution >= 4 is 27.5 Å². The van der Waals surface area contributed by atoms with Crippen LogP contribution in [0.5, 0.6) is 0 Å². The van der Waals surface area contributed by atoms with Crippen LogP contribution in [0.2, 0.25) is 0 Å². The van der Waals surface area contributed by atoms with Crippen LogP contribution in [-0.2, 0) is 11.3 Å². The van der Waals surface area contributed by atoms with Gasteiger partial charge in [-0.2, -0.15) is 0 Å². The van der Waals surface area contributed by atoms with Crippen molar-refractivity contribution in [3.8, 4) is 11.1 Å². The molecule has 1 saturated heterocycles. The number of benzene rings is 2. The molecule has 1 N–H and O–H groups in total. The highest BCUT2D eigenvalue weighted by Crippen LogP contribution is 2.30. The Morgan fingerprint density at radius 3 is 2.57 bits per heavy atom. The van der Waals surface area contributed by atoms with Crippen molar-refractivity contribution in [3.63, 3.8) is 0 Å². The summed E-state index contributed by atoms with van der Waals surface area (Å²) in [6, 6.07) is 18.7. The van der Waals surface area contributed by atoms with Gasteiger partial charge in [0.1, 0.15) is 4.83 Å². The van der Waals surface area contributed by atoms with E-state index in [0.717, 1.165) is 29.0 Å². The molecule has 1 unspecified atom stereocenters. The summed E-state index contributed by atoms with van der Waals surface area (Å²) in [7, 11) is 0. The minimum Gasteiger partial charge on any atom is -0.354 e. The van der Waals surface area contributed by atoms with Gasteiger partial charge in [-0.05, 0) is 44.0 Å². The Bertz CT molecular complexity index is 1360. The van der Waals surface area contributed by atoms with Crippen LogP contribution in [0.3, 0.4) is 0 Å². The van der Waals surface area contributed by atoms with E-state index < -0.39 is 0 Å². The number of thiophene rings is 1. The van der Waals surface area contributed by atoms with E-state index in [-0.39, 0.29) is 23.9 Å². The molecule has 1 fully saturated rings. The van der Waals surface area contributed by atoms with Gasteiger partial charge in [-0.3, -0.25) is 19.1 Å². The molecule has 3 heterocycles. The molecular weight excluding hydrogens is 456 g/mol. The number of amides is 1. The maximum atomic E-state index is 13.3. The molecule has 1 aliphatic heterocycles. The first-order valence-electron chi connectivity index (χ1n) is 12.2. The molecule has 0 radical (unpaired) electrons. The predicted octanol–water partition coefficient (Wildman–Crippen LogP) is 4.78. The Morgan fingerprint density at radius 1 is 1.09 bits per heavy atom. The molecule has 1 atom stereocenters. The number of hydrogen-bond donors (Lipinski definition) is 1. The molecule has 1 amide bonds. The van der Waals surface area contributed by atoms with Crippen molar-refractivity contribution in [2.75, 3.05) is 19.6 Å². The lowest BCUT2D eigenvalue weighted by Crippen LogP contribution is -2.37. The molecular formula is C28H30N4O2S. The van der Waals surface area contributed by atoms with Crippen LogP contribution in [0.1, 0.15) is 36.4 Å². The van der Waals surface area contributed by atoms with Gasteiger partial charge in [0.25, 0.3) is 5.56 Å². The summed E-state index contributed by atoms with van der Waals surface area (Å²) < 4.78 is 1.56. The lowest BCUT2D eigenvalue weighted by atomic mass is 10.1. The fraction of sp³-hybridized carbons (Fsp3) is 0.321. The van der Waals surface area contributed by atoms with E-state index in [2.05, 4.69) is 27.3 Å². The van der Waals surface area contributed by atoms with Gasteiger partial charge < -0.3 is 5.32 Å². The molecule has 2 aromatic carbocycles. The Morgan fingerprint density at radius 2 is 1.83 bits per heavy atom. The second-order valence-corrected chi connectivity index (χ2v) is 10.0. The summed E-state index contributed by atoms with van der Waals surface area (Å²) in [5, 5.41) is 5.72. The van der Waals surface area contributed by atoms with Crippen LogP contribution in [-0.4, -0.2) is 40.0 Å². The van der Waals surface area contributed by atoms with Gasteiger partial charge in [-0.15, -0.1) is 11.3 Å². The summed E-state index contributed by atoms with van der Waals surface area (Å²) in [4.78, 5) is 33.7. The van der Waals surface area contributed by atoms with Crippen LogP contribution in [0.4, 0.5) is 0 Å². The summed E-state index contributed by atoms with van der Waals surface area (Å²) >= 11 is 1.47. The number of carbonyl (C=O) groups is 1. The summed E-state index contributed by atoms with van der Waals surface area (Å²) in [5.74, 6) is -0.0544. The summed E-state index contributed by atoms with van der Waals surface area (Å²) in [6.07, 6.45) is 4.19. The van der Waals surface area contributed by atoms with Gasteiger partial charge in [0, 0.05) is 30.5 Å². The quantitative estimate of drug-likeness (QED) is 0.389. The first-order valence-corrected chi connectivity index (χ1v) is 13.1. The highest BCUT2D eigenvalue weighted by molar-refractivity contribution is 7.17. The van der Waals surface area contributed by atoms with Gasteiger partial charge in [-0.25, -0.2) is 4.98 Å². The van der Waals surface area contributed by atoms with E-state index in [9.17, 15) is 9.59 Å². The van der Waals surface area contributed by atoms with Crippen LogP contribution in [0, 0.1) is 6.92 Å². The van der Waals surface area contributed by atoms with Gasteiger partial charge in [0.2, 0.25) is 5.91 Å². The van der Waals surface area contributed by atoms with Crippen molar-refractivity contribution in [2.45, 2.75) is 38.8 Å². The number of rotatable bonds is 8. The van der Waals surface area contributed by atoms with E-state index >= 15 is 0 Å². The zero-order valence-electron chi connectivity index (χ0n) is 19.9. The number of nitrogens with zero attached hydrogens (tertiary/aromatic N) is 3. The van der Waals surface area contributed by atoms with Crippen molar-refractivity contribution in [1.82, 2.24) is 19.8 Å². The number of fused-ring (bicyclic) bond motifs is 1. The van der Waals surface area contributed by atoms with E-state index in [0.29, 0.717) is 18.5 Å². The average molecular weight is 487 g/mol. The lowest BCUT2D eigenvalue weighted by molar-refractivity contribution is -0.121. The van der Waals surface area contributed by atoms with Crippen LogP contribution >= 0.6 is 11.3 Å². The normalized spacial score (nSPS) is 14.9. The van der Waals surface area contributed by atoms with E-state index in [1.165, 1.54) is 35.3 Å². The van der Waals surface area contributed by atoms with Crippen molar-refractivity contribution < 1.29 is 4.79 Å². The molecule has 6 nitrogen and oxygen atoms in total. The second kappa shape index (κ2) is 10.5. The number of hydrogen-bond acceptors (Lipinski definition) is 5. The standard InChI is InChI=1S/C28H30N4O2S/c1-20-9-11-21(12-10-20)23-18-35-27-26(23)28(34)32(19-30-27)16-13-25(33)29-17-24(31-14-5-6-15-31)22-7-3-2-4-8-22/h2-4,7-12,18-19,24H,5-6,13-17H2,1H3,(H,29,33). The van der Waals surface area contributed by atoms with Crippen LogP contribution in [0.15, 0.2) is 71.1 Å². The first kappa shape index (κ1) is 23.5. The maximum Gasteiger partial charge on any atom is 0.262 e. The van der Waals surface area contributed by atoms with Crippen LogP contribution in [0.25, 0.3) is 21.3 Å². The van der Waals surface area contributed by atoms with Crippen LogP contribution < -0.4 is 10.9 Å². The number of aromatic nitrogens is 2. The van der Waals surface area contributed by atoms with E-state index in [1.54, 1.807) is 10.9 Å². The van der Waals surface area contributed by atoms with E-state index in [1.807, 2.05) is 54.8 Å². The first-order chi connectivity index (χ1) is 17.1. The molecule has 35 heavy (non-hydrogen) atoms. The number of nitrogens with one attached hydrogen (secondary N) is 1. The highest BCUT2D eigenvalue weighted by atomic mass is 32.1. The van der Waals surface area contributed by atoms with Gasteiger partial charge in [0.15, 0.2) is 0 Å². The Hall–Kier alpha value is -3.29. The third kappa shape index (κ3) is 5.21. The molecule has 7 heteroatoms. The lowest BCUT2D eigenvalue weighted by Gasteiger charge is -2.28. The summed E-state index contributed by atoms with van der Waals surface area (Å²) in [6.45, 7) is 5.02. The fourth-order valence-electron chi connectivity index (χ4n) is 4.78.